The van der Waals surface area contributed by atoms with Crippen molar-refractivity contribution in [1.82, 2.24) is 5.32 Å². The van der Waals surface area contributed by atoms with E-state index in [0.29, 0.717) is 17.7 Å². The molecule has 0 saturated heterocycles. The highest BCUT2D eigenvalue weighted by Crippen LogP contribution is 2.30. The topological polar surface area (TPSA) is 59.9 Å². The zero-order valence-electron chi connectivity index (χ0n) is 17.6. The fourth-order valence-electron chi connectivity index (χ4n) is 2.88. The van der Waals surface area contributed by atoms with E-state index in [1.54, 1.807) is 24.9 Å². The molecule has 1 aliphatic heterocycles. The van der Waals surface area contributed by atoms with Gasteiger partial charge < -0.3 is 14.8 Å². The fourth-order valence-corrected chi connectivity index (χ4v) is 3.84. The molecule has 0 aliphatic carbocycles. The van der Waals surface area contributed by atoms with Gasteiger partial charge in [0.15, 0.2) is 5.17 Å². The lowest BCUT2D eigenvalue weighted by molar-refractivity contribution is -0.115. The van der Waals surface area contributed by atoms with Gasteiger partial charge in [0.05, 0.1) is 19.8 Å². The van der Waals surface area contributed by atoms with Crippen LogP contribution in [0.3, 0.4) is 0 Å². The first kappa shape index (κ1) is 22.0. The smallest absolute Gasteiger partial charge is 0.249 e. The zero-order valence-corrected chi connectivity index (χ0v) is 18.4. The van der Waals surface area contributed by atoms with E-state index >= 15 is 0 Å². The molecule has 0 saturated carbocycles. The highest BCUT2D eigenvalue weighted by molar-refractivity contribution is 8.14. The molecule has 1 atom stereocenters. The largest absolute Gasteiger partial charge is 0.497 e. The van der Waals surface area contributed by atoms with E-state index in [-0.39, 0.29) is 11.9 Å². The van der Waals surface area contributed by atoms with Crippen LogP contribution < -0.4 is 14.8 Å². The van der Waals surface area contributed by atoms with Gasteiger partial charge in [0.1, 0.15) is 11.5 Å². The molecule has 0 aromatic heterocycles. The zero-order chi connectivity index (χ0) is 21.3. The van der Waals surface area contributed by atoms with E-state index in [1.165, 1.54) is 6.08 Å². The van der Waals surface area contributed by atoms with Gasteiger partial charge in [0.2, 0.25) is 5.91 Å². The highest BCUT2D eigenvalue weighted by Gasteiger charge is 2.20. The van der Waals surface area contributed by atoms with Crippen molar-refractivity contribution >= 4 is 28.9 Å². The number of hydrogen-bond acceptors (Lipinski definition) is 5. The number of rotatable bonds is 8. The van der Waals surface area contributed by atoms with Gasteiger partial charge >= 0.3 is 0 Å². The molecule has 0 radical (unpaired) electrons. The van der Waals surface area contributed by atoms with E-state index < -0.39 is 0 Å². The predicted octanol–water partition coefficient (Wildman–Crippen LogP) is 5.09. The van der Waals surface area contributed by atoms with Gasteiger partial charge in [-0.1, -0.05) is 49.9 Å². The molecule has 158 valence electrons. The van der Waals surface area contributed by atoms with Crippen LogP contribution in [0.4, 0.5) is 0 Å². The molecular formula is C24H28N2O3S. The van der Waals surface area contributed by atoms with Gasteiger partial charge in [-0.25, -0.2) is 0 Å². The Morgan fingerprint density at radius 1 is 1.23 bits per heavy atom. The minimum Gasteiger partial charge on any atom is -0.497 e. The Bertz CT molecular complexity index is 907. The number of carbonyl (C=O) groups excluding carboxylic acids is 1. The van der Waals surface area contributed by atoms with Gasteiger partial charge in [0.25, 0.3) is 0 Å². The Kier molecular flexibility index (Phi) is 7.97. The maximum Gasteiger partial charge on any atom is 0.249 e. The predicted molar refractivity (Wildman–Crippen MR) is 124 cm³/mol. The van der Waals surface area contributed by atoms with Crippen molar-refractivity contribution in [3.63, 3.8) is 0 Å². The van der Waals surface area contributed by atoms with Gasteiger partial charge in [-0.3, -0.25) is 9.79 Å². The van der Waals surface area contributed by atoms with Crippen LogP contribution in [0.15, 0.2) is 59.6 Å². The molecule has 5 nitrogen and oxygen atoms in total. The normalized spacial score (nSPS) is 16.0. The number of hydrogen-bond donors (Lipinski definition) is 1. The molecule has 6 heteroatoms. The number of amides is 1. The fraction of sp³-hybridized carbons (Fsp3) is 0.333. The van der Waals surface area contributed by atoms with Gasteiger partial charge in [-0.2, -0.15) is 0 Å². The number of thioether (sulfide) groups is 1. The van der Waals surface area contributed by atoms with Crippen LogP contribution in [0.25, 0.3) is 6.08 Å². The number of carbonyl (C=O) groups is 1. The number of nitrogens with one attached hydrogen (secondary N) is 1. The second-order valence-corrected chi connectivity index (χ2v) is 8.47. The van der Waals surface area contributed by atoms with E-state index in [0.717, 1.165) is 34.8 Å². The molecule has 3 rings (SSSR count). The molecule has 1 heterocycles. The Morgan fingerprint density at radius 2 is 2.03 bits per heavy atom. The molecule has 1 amide bonds. The monoisotopic (exact) mass is 424 g/mol. The number of aliphatic imine (C=N–C) groups is 1. The minimum atomic E-state index is -0.192. The molecule has 2 aromatic carbocycles. The van der Waals surface area contributed by atoms with Crippen molar-refractivity contribution in [2.75, 3.05) is 19.5 Å². The Balaban J connectivity index is 1.53. The van der Waals surface area contributed by atoms with E-state index in [2.05, 4.69) is 24.2 Å². The second-order valence-electron chi connectivity index (χ2n) is 7.46. The summed E-state index contributed by atoms with van der Waals surface area (Å²) in [5.74, 6) is 2.86. The van der Waals surface area contributed by atoms with Crippen LogP contribution in [0.2, 0.25) is 0 Å². The molecule has 30 heavy (non-hydrogen) atoms. The number of nitrogens with zero attached hydrogens (tertiary/aromatic N) is 1. The molecule has 0 bridgehead atoms. The summed E-state index contributed by atoms with van der Waals surface area (Å²) in [5.41, 5.74) is 2.03. The summed E-state index contributed by atoms with van der Waals surface area (Å²) in [5, 5.41) is 3.51. The van der Waals surface area contributed by atoms with Crippen LogP contribution in [0.5, 0.6) is 11.5 Å². The summed E-state index contributed by atoms with van der Waals surface area (Å²) in [6.07, 6.45) is 4.32. The number of benzene rings is 2. The average molecular weight is 425 g/mol. The lowest BCUT2D eigenvalue weighted by Crippen LogP contribution is -2.25. The SMILES string of the molecule is COc1ccc(C2CSC(NC(=O)/C=C/c3cccc(OCCC(C)C)c3)=N2)cc1. The van der Waals surface area contributed by atoms with Crippen LogP contribution >= 0.6 is 11.8 Å². The summed E-state index contributed by atoms with van der Waals surface area (Å²) in [6.45, 7) is 5.04. The third-order valence-electron chi connectivity index (χ3n) is 4.63. The van der Waals surface area contributed by atoms with Gasteiger partial charge in [-0.15, -0.1) is 0 Å². The van der Waals surface area contributed by atoms with E-state index in [4.69, 9.17) is 9.47 Å². The summed E-state index contributed by atoms with van der Waals surface area (Å²) in [6, 6.07) is 15.7. The summed E-state index contributed by atoms with van der Waals surface area (Å²) < 4.78 is 11.0. The summed E-state index contributed by atoms with van der Waals surface area (Å²) >= 11 is 1.55. The number of ether oxygens (including phenoxy) is 2. The Labute approximate surface area is 182 Å². The lowest BCUT2D eigenvalue weighted by Gasteiger charge is -2.08. The van der Waals surface area contributed by atoms with Gasteiger partial charge in [-0.05, 0) is 53.8 Å². The Morgan fingerprint density at radius 3 is 2.77 bits per heavy atom. The van der Waals surface area contributed by atoms with Crippen molar-refractivity contribution < 1.29 is 14.3 Å². The third-order valence-corrected chi connectivity index (χ3v) is 5.59. The number of amidine groups is 1. The molecule has 1 aliphatic rings. The van der Waals surface area contributed by atoms with Crippen molar-refractivity contribution in [1.29, 1.82) is 0 Å². The molecular weight excluding hydrogens is 396 g/mol. The maximum atomic E-state index is 12.3. The second kappa shape index (κ2) is 10.9. The third kappa shape index (κ3) is 6.66. The minimum absolute atomic E-state index is 0.0415. The average Bonchev–Trinajstić information content (AvgIpc) is 3.21. The number of methoxy groups -OCH3 is 1. The summed E-state index contributed by atoms with van der Waals surface area (Å²) in [7, 11) is 1.65. The van der Waals surface area contributed by atoms with Crippen molar-refractivity contribution in [3.8, 4) is 11.5 Å². The maximum absolute atomic E-state index is 12.3. The Hall–Kier alpha value is -2.73. The van der Waals surface area contributed by atoms with Crippen LogP contribution in [0, 0.1) is 5.92 Å². The molecule has 1 N–H and O–H groups in total. The first-order valence-electron chi connectivity index (χ1n) is 10.1. The molecule has 1 unspecified atom stereocenters. The first-order chi connectivity index (χ1) is 14.5. The van der Waals surface area contributed by atoms with E-state index in [1.807, 2.05) is 48.5 Å². The van der Waals surface area contributed by atoms with Crippen molar-refractivity contribution in [3.05, 3.63) is 65.7 Å². The van der Waals surface area contributed by atoms with Crippen LogP contribution in [0.1, 0.15) is 37.4 Å². The molecule has 2 aromatic rings. The highest BCUT2D eigenvalue weighted by atomic mass is 32.2. The quantitative estimate of drug-likeness (QED) is 0.600. The van der Waals surface area contributed by atoms with E-state index in [9.17, 15) is 4.79 Å². The molecule has 0 spiro atoms. The molecule has 0 fully saturated rings. The standard InChI is InChI=1S/C24H28N2O3S/c1-17(2)13-14-29-21-6-4-5-18(15-21)7-12-23(27)26-24-25-22(16-30-24)19-8-10-20(28-3)11-9-19/h4-12,15,17,22H,13-14,16H2,1-3H3,(H,25,26,27)/b12-7+. The van der Waals surface area contributed by atoms with Gasteiger partial charge in [0, 0.05) is 11.8 Å². The summed E-state index contributed by atoms with van der Waals surface area (Å²) in [4.78, 5) is 16.9. The van der Waals surface area contributed by atoms with Crippen molar-refractivity contribution in [2.24, 2.45) is 10.9 Å². The van der Waals surface area contributed by atoms with Crippen molar-refractivity contribution in [2.45, 2.75) is 26.3 Å². The lowest BCUT2D eigenvalue weighted by atomic mass is 10.1. The first-order valence-corrected chi connectivity index (χ1v) is 11.1. The van der Waals surface area contributed by atoms with Crippen LogP contribution in [-0.2, 0) is 4.79 Å². The van der Waals surface area contributed by atoms with Crippen LogP contribution in [-0.4, -0.2) is 30.5 Å².